The zero-order valence-corrected chi connectivity index (χ0v) is 15.5. The van der Waals surface area contributed by atoms with Crippen molar-refractivity contribution in [3.8, 4) is 0 Å². The summed E-state index contributed by atoms with van der Waals surface area (Å²) in [6.07, 6.45) is -0.705. The number of carboxylic acids is 1. The molecule has 0 saturated heterocycles. The van der Waals surface area contributed by atoms with Crippen LogP contribution in [0, 0.1) is 12.8 Å². The van der Waals surface area contributed by atoms with Crippen molar-refractivity contribution in [3.63, 3.8) is 0 Å². The topological polar surface area (TPSA) is 105 Å². The van der Waals surface area contributed by atoms with E-state index < -0.39 is 29.6 Å². The van der Waals surface area contributed by atoms with E-state index in [9.17, 15) is 19.5 Å². The highest BCUT2D eigenvalue weighted by molar-refractivity contribution is 6.03. The lowest BCUT2D eigenvalue weighted by molar-refractivity contribution is -0.119. The van der Waals surface area contributed by atoms with Gasteiger partial charge in [0, 0.05) is 0 Å². The van der Waals surface area contributed by atoms with E-state index in [1.54, 1.807) is 53.7 Å². The summed E-state index contributed by atoms with van der Waals surface area (Å²) in [5, 5.41) is 14.5. The Balaban J connectivity index is 2.97. The van der Waals surface area contributed by atoms with E-state index >= 15 is 0 Å². The van der Waals surface area contributed by atoms with Crippen LogP contribution in [0.25, 0.3) is 0 Å². The Bertz CT molecular complexity index is 662. The van der Waals surface area contributed by atoms with Gasteiger partial charge >= 0.3 is 12.1 Å². The summed E-state index contributed by atoms with van der Waals surface area (Å²) in [7, 11) is 0. The van der Waals surface area contributed by atoms with Crippen molar-refractivity contribution in [2.45, 2.75) is 53.2 Å². The van der Waals surface area contributed by atoms with Crippen LogP contribution in [0.4, 0.5) is 10.5 Å². The molecule has 0 aliphatic carbocycles. The van der Waals surface area contributed by atoms with Gasteiger partial charge in [-0.1, -0.05) is 26.0 Å². The molecule has 0 aliphatic heterocycles. The second kappa shape index (κ2) is 8.00. The van der Waals surface area contributed by atoms with Crippen molar-refractivity contribution in [1.29, 1.82) is 0 Å². The predicted molar refractivity (Wildman–Crippen MR) is 94.8 cm³/mol. The number of anilines is 1. The molecule has 0 fully saturated rings. The first-order chi connectivity index (χ1) is 11.4. The first kappa shape index (κ1) is 20.5. The molecular formula is C18H26N2O5. The van der Waals surface area contributed by atoms with Gasteiger partial charge in [0.15, 0.2) is 0 Å². The molecule has 7 heteroatoms. The second-order valence-electron chi connectivity index (χ2n) is 7.16. The quantitative estimate of drug-likeness (QED) is 0.756. The third kappa shape index (κ3) is 6.10. The van der Waals surface area contributed by atoms with Crippen LogP contribution in [0.5, 0.6) is 0 Å². The average molecular weight is 350 g/mol. The first-order valence-electron chi connectivity index (χ1n) is 8.05. The summed E-state index contributed by atoms with van der Waals surface area (Å²) in [4.78, 5) is 35.9. The van der Waals surface area contributed by atoms with Crippen molar-refractivity contribution < 1.29 is 24.2 Å². The monoisotopic (exact) mass is 350 g/mol. The Morgan fingerprint density at radius 2 is 1.76 bits per heavy atom. The molecule has 0 spiro atoms. The number of carboxylic acid groups (broad SMARTS) is 1. The number of amides is 2. The summed E-state index contributed by atoms with van der Waals surface area (Å²) in [6, 6.07) is 3.96. The van der Waals surface area contributed by atoms with E-state index in [1.165, 1.54) is 6.07 Å². The molecule has 1 aromatic carbocycles. The fourth-order valence-corrected chi connectivity index (χ4v) is 2.24. The normalized spacial score (nSPS) is 12.4. The SMILES string of the molecule is Cc1cccc(NC(=O)[C@@H](NC(=O)OC(C)(C)C)C(C)C)c1C(=O)O. The van der Waals surface area contributed by atoms with Crippen molar-refractivity contribution in [2.24, 2.45) is 5.92 Å². The van der Waals surface area contributed by atoms with Gasteiger partial charge in [-0.25, -0.2) is 9.59 Å². The maximum absolute atomic E-state index is 12.6. The molecule has 0 unspecified atom stereocenters. The molecule has 3 N–H and O–H groups in total. The predicted octanol–water partition coefficient (Wildman–Crippen LogP) is 3.18. The third-order valence-corrected chi connectivity index (χ3v) is 3.37. The molecule has 0 heterocycles. The largest absolute Gasteiger partial charge is 0.478 e. The molecule has 0 bridgehead atoms. The van der Waals surface area contributed by atoms with Crippen molar-refractivity contribution in [2.75, 3.05) is 5.32 Å². The van der Waals surface area contributed by atoms with E-state index in [0.29, 0.717) is 5.56 Å². The minimum atomic E-state index is -1.13. The van der Waals surface area contributed by atoms with Gasteiger partial charge in [0.05, 0.1) is 11.3 Å². The Kier molecular flexibility index (Phi) is 6.55. The van der Waals surface area contributed by atoms with E-state index in [-0.39, 0.29) is 17.2 Å². The number of aryl methyl sites for hydroxylation is 1. The Labute approximate surface area is 147 Å². The molecule has 138 valence electrons. The number of hydrogen-bond donors (Lipinski definition) is 3. The first-order valence-corrected chi connectivity index (χ1v) is 8.05. The van der Waals surface area contributed by atoms with Gasteiger partial charge in [-0.05, 0) is 45.2 Å². The number of nitrogens with one attached hydrogen (secondary N) is 2. The summed E-state index contributed by atoms with van der Waals surface area (Å²) in [5.41, 5.74) is 0.0611. The fourth-order valence-electron chi connectivity index (χ4n) is 2.24. The summed E-state index contributed by atoms with van der Waals surface area (Å²) in [6.45, 7) is 10.4. The Hall–Kier alpha value is -2.57. The molecule has 2 amide bonds. The Morgan fingerprint density at radius 1 is 1.16 bits per heavy atom. The maximum atomic E-state index is 12.6. The Morgan fingerprint density at radius 3 is 2.24 bits per heavy atom. The van der Waals surface area contributed by atoms with Crippen LogP contribution in [-0.2, 0) is 9.53 Å². The van der Waals surface area contributed by atoms with Gasteiger partial charge < -0.3 is 20.5 Å². The van der Waals surface area contributed by atoms with E-state index in [4.69, 9.17) is 4.74 Å². The van der Waals surface area contributed by atoms with E-state index in [0.717, 1.165) is 0 Å². The standard InChI is InChI=1S/C18H26N2O5/c1-10(2)14(20-17(24)25-18(4,5)6)15(21)19-12-9-7-8-11(3)13(12)16(22)23/h7-10,14H,1-6H3,(H,19,21)(H,20,24)(H,22,23)/t14-/m0/s1. The van der Waals surface area contributed by atoms with Gasteiger partial charge in [-0.15, -0.1) is 0 Å². The van der Waals surface area contributed by atoms with Crippen LogP contribution in [0.3, 0.4) is 0 Å². The highest BCUT2D eigenvalue weighted by atomic mass is 16.6. The molecule has 0 aliphatic rings. The summed E-state index contributed by atoms with van der Waals surface area (Å²) >= 11 is 0. The number of aromatic carboxylic acids is 1. The van der Waals surface area contributed by atoms with E-state index in [1.807, 2.05) is 0 Å². The fraction of sp³-hybridized carbons (Fsp3) is 0.500. The molecule has 1 aromatic rings. The van der Waals surface area contributed by atoms with E-state index in [2.05, 4.69) is 10.6 Å². The minimum Gasteiger partial charge on any atom is -0.478 e. The molecule has 0 radical (unpaired) electrons. The average Bonchev–Trinajstić information content (AvgIpc) is 2.42. The lowest BCUT2D eigenvalue weighted by Gasteiger charge is -2.25. The number of rotatable bonds is 5. The molecular weight excluding hydrogens is 324 g/mol. The maximum Gasteiger partial charge on any atom is 0.408 e. The number of benzene rings is 1. The zero-order valence-electron chi connectivity index (χ0n) is 15.5. The van der Waals surface area contributed by atoms with Gasteiger partial charge in [0.25, 0.3) is 0 Å². The van der Waals surface area contributed by atoms with Crippen LogP contribution in [0.1, 0.15) is 50.5 Å². The van der Waals surface area contributed by atoms with Crippen molar-refractivity contribution in [3.05, 3.63) is 29.3 Å². The van der Waals surface area contributed by atoms with Crippen LogP contribution in [0.15, 0.2) is 18.2 Å². The highest BCUT2D eigenvalue weighted by Gasteiger charge is 2.28. The van der Waals surface area contributed by atoms with Gasteiger partial charge in [-0.2, -0.15) is 0 Å². The van der Waals surface area contributed by atoms with Crippen molar-refractivity contribution in [1.82, 2.24) is 5.32 Å². The lowest BCUT2D eigenvalue weighted by Crippen LogP contribution is -2.48. The number of hydrogen-bond acceptors (Lipinski definition) is 4. The van der Waals surface area contributed by atoms with Crippen LogP contribution in [0.2, 0.25) is 0 Å². The molecule has 0 aromatic heterocycles. The smallest absolute Gasteiger partial charge is 0.408 e. The number of carbonyl (C=O) groups excluding carboxylic acids is 2. The van der Waals surface area contributed by atoms with Crippen LogP contribution in [-0.4, -0.2) is 34.7 Å². The molecule has 1 rings (SSSR count). The number of alkyl carbamates (subject to hydrolysis) is 1. The van der Waals surface area contributed by atoms with Crippen molar-refractivity contribution >= 4 is 23.7 Å². The van der Waals surface area contributed by atoms with Crippen LogP contribution < -0.4 is 10.6 Å². The lowest BCUT2D eigenvalue weighted by atomic mass is 10.0. The second-order valence-corrected chi connectivity index (χ2v) is 7.16. The van der Waals surface area contributed by atoms with Gasteiger partial charge in [-0.3, -0.25) is 4.79 Å². The zero-order chi connectivity index (χ0) is 19.4. The number of carbonyl (C=O) groups is 3. The minimum absolute atomic E-state index is 0.0237. The number of ether oxygens (including phenoxy) is 1. The summed E-state index contributed by atoms with van der Waals surface area (Å²) < 4.78 is 5.18. The molecule has 1 atom stereocenters. The van der Waals surface area contributed by atoms with Crippen LogP contribution >= 0.6 is 0 Å². The van der Waals surface area contributed by atoms with Gasteiger partial charge in [0.1, 0.15) is 11.6 Å². The molecule has 7 nitrogen and oxygen atoms in total. The summed E-state index contributed by atoms with van der Waals surface area (Å²) in [5.74, 6) is -1.85. The van der Waals surface area contributed by atoms with Gasteiger partial charge in [0.2, 0.25) is 5.91 Å². The molecule has 0 saturated carbocycles. The molecule has 25 heavy (non-hydrogen) atoms. The highest BCUT2D eigenvalue weighted by Crippen LogP contribution is 2.20. The third-order valence-electron chi connectivity index (χ3n) is 3.37.